The van der Waals surface area contributed by atoms with Gasteiger partial charge < -0.3 is 0 Å². The van der Waals surface area contributed by atoms with Gasteiger partial charge in [-0.05, 0) is 0 Å². The van der Waals surface area contributed by atoms with Crippen LogP contribution in [-0.4, -0.2) is 5.43 Å². The van der Waals surface area contributed by atoms with Gasteiger partial charge in [0, 0.05) is 0 Å². The van der Waals surface area contributed by atoms with Gasteiger partial charge in [-0.15, -0.1) is 24.8 Å². The summed E-state index contributed by atoms with van der Waals surface area (Å²) in [6, 6.07) is 12.9. The molecular formula is C26H30Cl2F2SiZr. The summed E-state index contributed by atoms with van der Waals surface area (Å²) in [4.78, 5) is 0. The van der Waals surface area contributed by atoms with Crippen LogP contribution in [0.3, 0.4) is 0 Å². The van der Waals surface area contributed by atoms with Crippen LogP contribution in [0.5, 0.6) is 0 Å². The van der Waals surface area contributed by atoms with E-state index in [2.05, 4.69) is 65.1 Å². The van der Waals surface area contributed by atoms with Gasteiger partial charge in [0.05, 0.1) is 0 Å². The Morgan fingerprint density at radius 1 is 0.844 bits per heavy atom. The van der Waals surface area contributed by atoms with Crippen LogP contribution in [0.25, 0.3) is 5.57 Å². The van der Waals surface area contributed by atoms with Crippen molar-refractivity contribution in [1.82, 2.24) is 0 Å². The molecule has 0 fully saturated rings. The first-order valence-electron chi connectivity index (χ1n) is 10.6. The summed E-state index contributed by atoms with van der Waals surface area (Å²) in [6.45, 7) is 14.1. The molecule has 0 saturated heterocycles. The van der Waals surface area contributed by atoms with Crippen molar-refractivity contribution in [3.05, 3.63) is 96.9 Å². The Morgan fingerprint density at radius 3 is 2.06 bits per heavy atom. The van der Waals surface area contributed by atoms with Crippen molar-refractivity contribution in [3.8, 4) is 0 Å². The van der Waals surface area contributed by atoms with Crippen molar-refractivity contribution >= 4 is 35.8 Å². The number of allylic oxidation sites excluding steroid dienone is 5. The summed E-state index contributed by atoms with van der Waals surface area (Å²) in [5.74, 6) is -0.988. The minimum Gasteiger partial charge on any atom is -0.147 e. The standard InChI is InChI=1S/C15H9F2.C9H13.C2H6Si.2ClH.Zr/c16-14-7-3-6-13(15(14)17)12-9-8-10-4-1-2-5-11(10)12;1-6-5-7(2)9(4)8(6)3;1-3-2;;;/h1-9H;6H,1-4H3;1-2H3;2*1H;. The zero-order valence-corrected chi connectivity index (χ0v) is 24.4. The summed E-state index contributed by atoms with van der Waals surface area (Å²) in [7, 11) is 0. The predicted octanol–water partition coefficient (Wildman–Crippen LogP) is 8.42. The van der Waals surface area contributed by atoms with Crippen LogP contribution in [0.4, 0.5) is 8.78 Å². The number of fused-ring (bicyclic) bond motifs is 1. The molecule has 0 spiro atoms. The van der Waals surface area contributed by atoms with Gasteiger partial charge in [0.25, 0.3) is 0 Å². The summed E-state index contributed by atoms with van der Waals surface area (Å²) >= 11 is -2.13. The molecular weight excluding hydrogens is 540 g/mol. The maximum absolute atomic E-state index is 14.8. The maximum atomic E-state index is 14.8. The Kier molecular flexibility index (Phi) is 9.12. The SMILES string of the molecule is CC1=C(C)C(C)[C]([Zr]([CH]2C=C(c3cccc(F)c3F)c3ccccc32)=[Si](C)C)=C1C.Cl.Cl. The monoisotopic (exact) mass is 568 g/mol. The van der Waals surface area contributed by atoms with Gasteiger partial charge in [-0.2, -0.15) is 0 Å². The molecule has 0 nitrogen and oxygen atoms in total. The number of benzene rings is 2. The van der Waals surface area contributed by atoms with Crippen molar-refractivity contribution in [2.45, 2.75) is 44.4 Å². The Balaban J connectivity index is 0.00000181. The quantitative estimate of drug-likeness (QED) is 0.325. The second kappa shape index (κ2) is 10.6. The number of hydrogen-bond acceptors (Lipinski definition) is 0. The second-order valence-corrected chi connectivity index (χ2v) is 26.2. The molecule has 0 bridgehead atoms. The number of halogens is 4. The third-order valence-electron chi connectivity index (χ3n) is 6.94. The van der Waals surface area contributed by atoms with Crippen molar-refractivity contribution in [2.75, 3.05) is 0 Å². The minimum atomic E-state index is -2.13. The first kappa shape index (κ1) is 27.4. The molecule has 0 saturated carbocycles. The van der Waals surface area contributed by atoms with E-state index in [0.717, 1.165) is 11.1 Å². The van der Waals surface area contributed by atoms with Crippen LogP contribution in [0, 0.1) is 17.6 Å². The van der Waals surface area contributed by atoms with E-state index in [9.17, 15) is 8.78 Å². The van der Waals surface area contributed by atoms with E-state index in [1.165, 1.54) is 28.3 Å². The van der Waals surface area contributed by atoms with Crippen LogP contribution < -0.4 is 0 Å². The Hall–Kier alpha value is -0.800. The molecule has 2 unspecified atom stereocenters. The van der Waals surface area contributed by atoms with Gasteiger partial charge in [-0.25, -0.2) is 0 Å². The van der Waals surface area contributed by atoms with E-state index in [1.807, 2.05) is 6.07 Å². The topological polar surface area (TPSA) is 0 Å². The van der Waals surface area contributed by atoms with Gasteiger partial charge in [-0.1, -0.05) is 0 Å². The van der Waals surface area contributed by atoms with E-state index in [1.54, 1.807) is 15.4 Å². The van der Waals surface area contributed by atoms with E-state index >= 15 is 0 Å². The van der Waals surface area contributed by atoms with Crippen LogP contribution in [0.15, 0.2) is 68.5 Å². The van der Waals surface area contributed by atoms with Crippen LogP contribution in [0.1, 0.15) is 48.0 Å². The summed E-state index contributed by atoms with van der Waals surface area (Å²) < 4.78 is 30.9. The fraction of sp³-hybridized carbons (Fsp3) is 0.308. The zero-order chi connectivity index (χ0) is 21.7. The second-order valence-electron chi connectivity index (χ2n) is 8.73. The molecule has 4 rings (SSSR count). The molecule has 2 atom stereocenters. The molecule has 0 N–H and O–H groups in total. The van der Waals surface area contributed by atoms with E-state index in [4.69, 9.17) is 0 Å². The fourth-order valence-electron chi connectivity index (χ4n) is 5.09. The maximum Gasteiger partial charge on any atom is -0.147 e. The molecule has 0 amide bonds. The summed E-state index contributed by atoms with van der Waals surface area (Å²) in [5, 5.41) is 0. The predicted molar refractivity (Wildman–Crippen MR) is 135 cm³/mol. The molecule has 6 heteroatoms. The van der Waals surface area contributed by atoms with Crippen LogP contribution in [-0.2, 0) is 20.4 Å². The Bertz CT molecular complexity index is 1190. The molecule has 2 aromatic carbocycles. The van der Waals surface area contributed by atoms with Crippen molar-refractivity contribution < 1.29 is 29.1 Å². The minimum absolute atomic E-state index is 0. The molecule has 0 aliphatic heterocycles. The first-order chi connectivity index (χ1) is 14.2. The third-order valence-corrected chi connectivity index (χ3v) is 25.5. The van der Waals surface area contributed by atoms with Gasteiger partial charge in [0.1, 0.15) is 0 Å². The van der Waals surface area contributed by atoms with Crippen molar-refractivity contribution in [3.63, 3.8) is 0 Å². The van der Waals surface area contributed by atoms with E-state index in [0.29, 0.717) is 15.1 Å². The van der Waals surface area contributed by atoms with Crippen LogP contribution in [0.2, 0.25) is 13.1 Å². The molecule has 0 aromatic heterocycles. The van der Waals surface area contributed by atoms with Crippen molar-refractivity contribution in [1.29, 1.82) is 0 Å². The summed E-state index contributed by atoms with van der Waals surface area (Å²) in [5.41, 5.74) is 7.64. The van der Waals surface area contributed by atoms with Gasteiger partial charge >= 0.3 is 187 Å². The molecule has 2 aliphatic carbocycles. The van der Waals surface area contributed by atoms with Gasteiger partial charge in [0.15, 0.2) is 0 Å². The van der Waals surface area contributed by atoms with Crippen LogP contribution >= 0.6 is 24.8 Å². The van der Waals surface area contributed by atoms with Gasteiger partial charge in [0.2, 0.25) is 0 Å². The van der Waals surface area contributed by atoms with E-state index < -0.39 is 37.4 Å². The van der Waals surface area contributed by atoms with Crippen molar-refractivity contribution in [2.24, 2.45) is 5.92 Å². The summed E-state index contributed by atoms with van der Waals surface area (Å²) in [6.07, 6.45) is 2.30. The Labute approximate surface area is 210 Å². The molecule has 2 aliphatic rings. The number of hydrogen-bond donors (Lipinski definition) is 0. The average Bonchev–Trinajstić information content (AvgIpc) is 3.18. The van der Waals surface area contributed by atoms with E-state index in [-0.39, 0.29) is 24.8 Å². The molecule has 170 valence electrons. The normalized spacial score (nSPS) is 19.3. The third kappa shape index (κ3) is 4.45. The fourth-order valence-corrected chi connectivity index (χ4v) is 24.8. The van der Waals surface area contributed by atoms with Gasteiger partial charge in [-0.3, -0.25) is 0 Å². The molecule has 0 heterocycles. The zero-order valence-electron chi connectivity index (χ0n) is 19.3. The Morgan fingerprint density at radius 2 is 1.47 bits per heavy atom. The molecule has 0 radical (unpaired) electrons. The first-order valence-corrected chi connectivity index (χ1v) is 19.4. The smallest absolute Gasteiger partial charge is 0.147 e. The molecule has 32 heavy (non-hydrogen) atoms. The number of rotatable bonds is 3. The molecule has 2 aromatic rings. The largest absolute Gasteiger partial charge is 0.147 e. The average molecular weight is 571 g/mol.